The van der Waals surface area contributed by atoms with Gasteiger partial charge in [0.1, 0.15) is 29.6 Å². The second kappa shape index (κ2) is 8.27. The lowest BCUT2D eigenvalue weighted by Crippen LogP contribution is -2.38. The Morgan fingerprint density at radius 3 is 2.71 bits per heavy atom. The number of nitrogens with zero attached hydrogens (tertiary/aromatic N) is 1. The van der Waals surface area contributed by atoms with Crippen LogP contribution < -0.4 is 10.6 Å². The van der Waals surface area contributed by atoms with Crippen molar-refractivity contribution in [3.8, 4) is 11.3 Å². The summed E-state index contributed by atoms with van der Waals surface area (Å²) in [7, 11) is 0. The van der Waals surface area contributed by atoms with Crippen LogP contribution >= 0.6 is 0 Å². The maximum Gasteiger partial charge on any atom is 0.329 e. The molecule has 3 aromatic rings. The number of anilines is 1. The number of aryl methyl sites for hydroxylation is 1. The summed E-state index contributed by atoms with van der Waals surface area (Å²) in [5.74, 6) is -0.826. The quantitative estimate of drug-likeness (QED) is 0.484. The Bertz CT molecular complexity index is 1210. The van der Waals surface area contributed by atoms with Gasteiger partial charge in [-0.25, -0.2) is 14.1 Å². The number of halogens is 1. The SMILES string of the molecule is Cc1cccc(NC(=O)CN2C(=O)N/C(=C/c3ccc(-c4cccc(F)c4)o3)C2=O)c1. The minimum absolute atomic E-state index is 0.0199. The third-order valence-corrected chi connectivity index (χ3v) is 4.59. The molecular formula is C23H18FN3O4. The molecule has 0 radical (unpaired) electrons. The summed E-state index contributed by atoms with van der Waals surface area (Å²) in [6.45, 7) is 1.46. The lowest BCUT2D eigenvalue weighted by atomic mass is 10.2. The van der Waals surface area contributed by atoms with Crippen molar-refractivity contribution in [3.05, 3.63) is 83.5 Å². The minimum Gasteiger partial charge on any atom is -0.457 e. The molecule has 4 amide bonds. The zero-order valence-corrected chi connectivity index (χ0v) is 16.5. The van der Waals surface area contributed by atoms with Gasteiger partial charge < -0.3 is 15.1 Å². The Balaban J connectivity index is 1.45. The van der Waals surface area contributed by atoms with Gasteiger partial charge in [0.15, 0.2) is 0 Å². The molecule has 0 spiro atoms. The van der Waals surface area contributed by atoms with Crippen LogP contribution in [0.5, 0.6) is 0 Å². The van der Waals surface area contributed by atoms with Gasteiger partial charge in [0.2, 0.25) is 5.91 Å². The van der Waals surface area contributed by atoms with Crippen LogP contribution in [0.3, 0.4) is 0 Å². The van der Waals surface area contributed by atoms with Crippen LogP contribution in [-0.2, 0) is 9.59 Å². The highest BCUT2D eigenvalue weighted by Crippen LogP contribution is 2.24. The molecule has 2 heterocycles. The van der Waals surface area contributed by atoms with Gasteiger partial charge in [-0.2, -0.15) is 0 Å². The summed E-state index contributed by atoms with van der Waals surface area (Å²) in [4.78, 5) is 37.9. The standard InChI is InChI=1S/C23H18FN3O4/c1-14-4-2-7-17(10-14)25-21(28)13-27-22(29)19(26-23(27)30)12-18-8-9-20(31-18)15-5-3-6-16(24)11-15/h2-12H,13H2,1H3,(H,25,28)(H,26,30)/b19-12+. The van der Waals surface area contributed by atoms with Crippen LogP contribution in [0.1, 0.15) is 11.3 Å². The first-order valence-electron chi connectivity index (χ1n) is 9.46. The van der Waals surface area contributed by atoms with Gasteiger partial charge in [0, 0.05) is 17.3 Å². The molecule has 31 heavy (non-hydrogen) atoms. The van der Waals surface area contributed by atoms with Gasteiger partial charge in [-0.1, -0.05) is 24.3 Å². The molecule has 7 nitrogen and oxygen atoms in total. The van der Waals surface area contributed by atoms with Crippen molar-refractivity contribution < 1.29 is 23.2 Å². The summed E-state index contributed by atoms with van der Waals surface area (Å²) >= 11 is 0. The number of urea groups is 1. The van der Waals surface area contributed by atoms with E-state index < -0.39 is 30.2 Å². The Hall–Kier alpha value is -4.20. The molecule has 0 unspecified atom stereocenters. The molecule has 2 aromatic carbocycles. The van der Waals surface area contributed by atoms with Gasteiger partial charge in [0.05, 0.1) is 0 Å². The Kier molecular flexibility index (Phi) is 5.36. The number of nitrogens with one attached hydrogen (secondary N) is 2. The number of imide groups is 1. The number of carbonyl (C=O) groups is 3. The van der Waals surface area contributed by atoms with E-state index >= 15 is 0 Å². The minimum atomic E-state index is -0.701. The molecule has 0 saturated carbocycles. The van der Waals surface area contributed by atoms with E-state index in [0.717, 1.165) is 10.5 Å². The van der Waals surface area contributed by atoms with Crippen LogP contribution in [0, 0.1) is 12.7 Å². The number of rotatable bonds is 5. The van der Waals surface area contributed by atoms with Gasteiger partial charge >= 0.3 is 6.03 Å². The fraction of sp³-hybridized carbons (Fsp3) is 0.0870. The first-order chi connectivity index (χ1) is 14.9. The molecule has 0 aliphatic carbocycles. The van der Waals surface area contributed by atoms with Crippen molar-refractivity contribution in [2.45, 2.75) is 6.92 Å². The number of furan rings is 1. The maximum atomic E-state index is 13.4. The summed E-state index contributed by atoms with van der Waals surface area (Å²) in [6, 6.07) is 15.6. The van der Waals surface area contributed by atoms with Crippen molar-refractivity contribution >= 4 is 29.6 Å². The van der Waals surface area contributed by atoms with E-state index in [0.29, 0.717) is 22.8 Å². The molecule has 1 aromatic heterocycles. The number of hydrogen-bond acceptors (Lipinski definition) is 4. The molecule has 1 saturated heterocycles. The fourth-order valence-electron chi connectivity index (χ4n) is 3.15. The topological polar surface area (TPSA) is 91.7 Å². The van der Waals surface area contributed by atoms with E-state index in [9.17, 15) is 18.8 Å². The number of hydrogen-bond donors (Lipinski definition) is 2. The van der Waals surface area contributed by atoms with Crippen molar-refractivity contribution in [1.29, 1.82) is 0 Å². The normalized spacial score (nSPS) is 14.8. The molecule has 0 atom stereocenters. The first-order valence-corrected chi connectivity index (χ1v) is 9.46. The Labute approximate surface area is 177 Å². The molecule has 8 heteroatoms. The second-order valence-corrected chi connectivity index (χ2v) is 7.01. The highest BCUT2D eigenvalue weighted by molar-refractivity contribution is 6.15. The average Bonchev–Trinajstić information content (AvgIpc) is 3.29. The third kappa shape index (κ3) is 4.53. The maximum absolute atomic E-state index is 13.4. The lowest BCUT2D eigenvalue weighted by molar-refractivity contribution is -0.127. The van der Waals surface area contributed by atoms with Gasteiger partial charge in [-0.3, -0.25) is 9.59 Å². The molecule has 1 aliphatic heterocycles. The van der Waals surface area contributed by atoms with E-state index in [4.69, 9.17) is 4.42 Å². The smallest absolute Gasteiger partial charge is 0.329 e. The summed E-state index contributed by atoms with van der Waals surface area (Å²) in [5.41, 5.74) is 2.07. The zero-order chi connectivity index (χ0) is 22.0. The number of amides is 4. The van der Waals surface area contributed by atoms with Gasteiger partial charge in [-0.05, 0) is 48.9 Å². The molecule has 1 fully saturated rings. The van der Waals surface area contributed by atoms with Crippen molar-refractivity contribution in [2.24, 2.45) is 0 Å². The average molecular weight is 419 g/mol. The molecule has 156 valence electrons. The van der Waals surface area contributed by atoms with Gasteiger partial charge in [0.25, 0.3) is 5.91 Å². The van der Waals surface area contributed by atoms with Crippen LogP contribution in [0.4, 0.5) is 14.9 Å². The molecule has 1 aliphatic rings. The zero-order valence-electron chi connectivity index (χ0n) is 16.5. The second-order valence-electron chi connectivity index (χ2n) is 7.01. The molecule has 0 bridgehead atoms. The predicted molar refractivity (Wildman–Crippen MR) is 112 cm³/mol. The van der Waals surface area contributed by atoms with E-state index in [2.05, 4.69) is 10.6 Å². The lowest BCUT2D eigenvalue weighted by Gasteiger charge is -2.12. The fourth-order valence-corrected chi connectivity index (χ4v) is 3.15. The van der Waals surface area contributed by atoms with Crippen molar-refractivity contribution in [3.63, 3.8) is 0 Å². The largest absolute Gasteiger partial charge is 0.457 e. The van der Waals surface area contributed by atoms with Crippen molar-refractivity contribution in [2.75, 3.05) is 11.9 Å². The monoisotopic (exact) mass is 419 g/mol. The summed E-state index contributed by atoms with van der Waals surface area (Å²) in [5, 5.41) is 5.10. The highest BCUT2D eigenvalue weighted by Gasteiger charge is 2.35. The number of benzene rings is 2. The van der Waals surface area contributed by atoms with E-state index in [1.54, 1.807) is 42.5 Å². The van der Waals surface area contributed by atoms with E-state index in [-0.39, 0.29) is 5.70 Å². The van der Waals surface area contributed by atoms with E-state index in [1.165, 1.54) is 18.2 Å². The van der Waals surface area contributed by atoms with Crippen LogP contribution in [0.25, 0.3) is 17.4 Å². The summed E-state index contributed by atoms with van der Waals surface area (Å²) in [6.07, 6.45) is 1.36. The van der Waals surface area contributed by atoms with E-state index in [1.807, 2.05) is 13.0 Å². The third-order valence-electron chi connectivity index (χ3n) is 4.59. The van der Waals surface area contributed by atoms with Crippen LogP contribution in [0.15, 0.2) is 70.8 Å². The molecule has 2 N–H and O–H groups in total. The summed E-state index contributed by atoms with van der Waals surface area (Å²) < 4.78 is 19.0. The molecular weight excluding hydrogens is 401 g/mol. The highest BCUT2D eigenvalue weighted by atomic mass is 19.1. The van der Waals surface area contributed by atoms with Crippen LogP contribution in [0.2, 0.25) is 0 Å². The van der Waals surface area contributed by atoms with Crippen LogP contribution in [-0.4, -0.2) is 29.3 Å². The van der Waals surface area contributed by atoms with Crippen molar-refractivity contribution in [1.82, 2.24) is 10.2 Å². The predicted octanol–water partition coefficient (Wildman–Crippen LogP) is 3.93. The Morgan fingerprint density at radius 1 is 1.13 bits per heavy atom. The van der Waals surface area contributed by atoms with Gasteiger partial charge in [-0.15, -0.1) is 0 Å². The first kappa shape index (κ1) is 20.1. The Morgan fingerprint density at radius 2 is 1.94 bits per heavy atom. The number of carbonyl (C=O) groups excluding carboxylic acids is 3. The molecule has 4 rings (SSSR count).